The predicted octanol–water partition coefficient (Wildman–Crippen LogP) is 1.82. The maximum atomic E-state index is 13.2. The number of hydrogen-bond acceptors (Lipinski definition) is 4. The van der Waals surface area contributed by atoms with Gasteiger partial charge in [0.15, 0.2) is 0 Å². The van der Waals surface area contributed by atoms with Crippen LogP contribution in [0.4, 0.5) is 10.1 Å². The quantitative estimate of drug-likeness (QED) is 0.719. The maximum Gasteiger partial charge on any atom is 0.225 e. The van der Waals surface area contributed by atoms with Crippen molar-refractivity contribution in [2.75, 3.05) is 39.2 Å². The Kier molecular flexibility index (Phi) is 9.71. The normalized spacial score (nSPS) is 9.75. The highest BCUT2D eigenvalue weighted by molar-refractivity contribution is 5.92. The lowest BCUT2D eigenvalue weighted by atomic mass is 10.2. The molecule has 0 unspecified atom stereocenters. The summed E-state index contributed by atoms with van der Waals surface area (Å²) in [7, 11) is 3.32. The highest BCUT2D eigenvalue weighted by atomic mass is 35.5. The van der Waals surface area contributed by atoms with Crippen LogP contribution in [0.5, 0.6) is 5.75 Å². The van der Waals surface area contributed by atoms with Gasteiger partial charge in [0.25, 0.3) is 0 Å². The van der Waals surface area contributed by atoms with E-state index in [9.17, 15) is 9.18 Å². The molecule has 7 heteroatoms. The second-order valence-electron chi connectivity index (χ2n) is 3.88. The molecule has 0 fully saturated rings. The second kappa shape index (κ2) is 10.4. The topological polar surface area (TPSA) is 59.6 Å². The van der Waals surface area contributed by atoms with E-state index < -0.39 is 5.82 Å². The molecule has 0 spiro atoms. The molecule has 0 bridgehead atoms. The van der Waals surface area contributed by atoms with Crippen LogP contribution in [0.3, 0.4) is 0 Å². The Labute approximate surface area is 124 Å². The first kappa shape index (κ1) is 18.6. The maximum absolute atomic E-state index is 13.2. The summed E-state index contributed by atoms with van der Waals surface area (Å²) in [6, 6.07) is 4.00. The fourth-order valence-corrected chi connectivity index (χ4v) is 1.41. The number of carbonyl (C=O) groups excluding carboxylic acids is 1. The van der Waals surface area contributed by atoms with Crippen LogP contribution in [0.2, 0.25) is 0 Å². The lowest BCUT2D eigenvalue weighted by Crippen LogP contribution is -2.19. The number of hydrogen-bond donors (Lipinski definition) is 2. The summed E-state index contributed by atoms with van der Waals surface area (Å²) in [6.07, 6.45) is 0.310. The Bertz CT molecular complexity index is 419. The third kappa shape index (κ3) is 6.70. The molecule has 1 rings (SSSR count). The number of methoxy groups -OCH3 is 1. The van der Waals surface area contributed by atoms with Crippen molar-refractivity contribution < 1.29 is 18.7 Å². The average Bonchev–Trinajstić information content (AvgIpc) is 2.39. The molecule has 1 aromatic carbocycles. The molecule has 0 aromatic heterocycles. The zero-order chi connectivity index (χ0) is 14.1. The molecule has 20 heavy (non-hydrogen) atoms. The van der Waals surface area contributed by atoms with Gasteiger partial charge in [-0.3, -0.25) is 4.79 Å². The van der Waals surface area contributed by atoms with E-state index in [1.54, 1.807) is 14.2 Å². The van der Waals surface area contributed by atoms with E-state index in [0.717, 1.165) is 0 Å². The van der Waals surface area contributed by atoms with E-state index in [4.69, 9.17) is 9.47 Å². The molecule has 2 N–H and O–H groups in total. The largest absolute Gasteiger partial charge is 0.489 e. The molecule has 0 aliphatic rings. The smallest absolute Gasteiger partial charge is 0.225 e. The van der Waals surface area contributed by atoms with Gasteiger partial charge in [0.1, 0.15) is 18.2 Å². The predicted molar refractivity (Wildman–Crippen MR) is 78.2 cm³/mol. The Balaban J connectivity index is 0.00000361. The minimum Gasteiger partial charge on any atom is -0.489 e. The molecule has 0 radical (unpaired) electrons. The Hall–Kier alpha value is -1.37. The number of anilines is 1. The monoisotopic (exact) mass is 306 g/mol. The van der Waals surface area contributed by atoms with Crippen LogP contribution < -0.4 is 15.4 Å². The van der Waals surface area contributed by atoms with Crippen LogP contribution in [-0.2, 0) is 9.53 Å². The van der Waals surface area contributed by atoms with Gasteiger partial charge in [0.05, 0.1) is 12.3 Å². The van der Waals surface area contributed by atoms with Crippen molar-refractivity contribution >= 4 is 24.0 Å². The van der Waals surface area contributed by atoms with Crippen LogP contribution in [-0.4, -0.2) is 39.8 Å². The van der Waals surface area contributed by atoms with Gasteiger partial charge in [-0.2, -0.15) is 0 Å². The Morgan fingerprint density at radius 2 is 2.10 bits per heavy atom. The fraction of sp³-hybridized carbons (Fsp3) is 0.462. The Morgan fingerprint density at radius 1 is 1.35 bits per heavy atom. The van der Waals surface area contributed by atoms with Crippen molar-refractivity contribution in [2.24, 2.45) is 0 Å². The van der Waals surface area contributed by atoms with Gasteiger partial charge in [-0.25, -0.2) is 4.39 Å². The SMILES string of the molecule is CNCCC(=O)Nc1cc(F)ccc1OCCOC.Cl. The molecule has 0 aliphatic carbocycles. The number of rotatable bonds is 8. The van der Waals surface area contributed by atoms with E-state index in [2.05, 4.69) is 10.6 Å². The molecule has 1 amide bonds. The zero-order valence-corrected chi connectivity index (χ0v) is 12.4. The van der Waals surface area contributed by atoms with Gasteiger partial charge in [-0.1, -0.05) is 0 Å². The van der Waals surface area contributed by atoms with Gasteiger partial charge >= 0.3 is 0 Å². The molecular weight excluding hydrogens is 287 g/mol. The minimum atomic E-state index is -0.428. The highest BCUT2D eigenvalue weighted by Gasteiger charge is 2.09. The molecule has 5 nitrogen and oxygen atoms in total. The molecule has 1 aromatic rings. The van der Waals surface area contributed by atoms with E-state index in [1.165, 1.54) is 18.2 Å². The number of amides is 1. The standard InChI is InChI=1S/C13H19FN2O3.ClH/c1-15-6-5-13(17)16-11-9-10(14)3-4-12(11)19-8-7-18-2;/h3-4,9,15H,5-8H2,1-2H3,(H,16,17);1H. The van der Waals surface area contributed by atoms with Crippen molar-refractivity contribution in [2.45, 2.75) is 6.42 Å². The number of benzene rings is 1. The number of nitrogens with one attached hydrogen (secondary N) is 2. The van der Waals surface area contributed by atoms with Crippen LogP contribution in [0.25, 0.3) is 0 Å². The molecule has 114 valence electrons. The number of carbonyl (C=O) groups is 1. The summed E-state index contributed by atoms with van der Waals surface area (Å²) in [5.74, 6) is -0.198. The van der Waals surface area contributed by atoms with E-state index >= 15 is 0 Å². The third-order valence-corrected chi connectivity index (χ3v) is 2.36. The zero-order valence-electron chi connectivity index (χ0n) is 11.6. The molecule has 0 heterocycles. The highest BCUT2D eigenvalue weighted by Crippen LogP contribution is 2.25. The molecule has 0 aliphatic heterocycles. The Morgan fingerprint density at radius 3 is 2.75 bits per heavy atom. The van der Waals surface area contributed by atoms with Gasteiger partial charge < -0.3 is 20.1 Å². The van der Waals surface area contributed by atoms with Crippen molar-refractivity contribution in [3.8, 4) is 5.75 Å². The first-order chi connectivity index (χ1) is 9.17. The fourth-order valence-electron chi connectivity index (χ4n) is 1.41. The summed E-state index contributed by atoms with van der Waals surface area (Å²) in [5, 5.41) is 5.50. The summed E-state index contributed by atoms with van der Waals surface area (Å²) in [4.78, 5) is 11.6. The molecule has 0 saturated heterocycles. The lowest BCUT2D eigenvalue weighted by Gasteiger charge is -2.12. The first-order valence-corrected chi connectivity index (χ1v) is 6.03. The lowest BCUT2D eigenvalue weighted by molar-refractivity contribution is -0.116. The van der Waals surface area contributed by atoms with Crippen LogP contribution in [0.1, 0.15) is 6.42 Å². The molecular formula is C13H20ClFN2O3. The van der Waals surface area contributed by atoms with Crippen molar-refractivity contribution in [1.82, 2.24) is 5.32 Å². The van der Waals surface area contributed by atoms with Crippen LogP contribution in [0, 0.1) is 5.82 Å². The van der Waals surface area contributed by atoms with Gasteiger partial charge in [0, 0.05) is 26.1 Å². The van der Waals surface area contributed by atoms with Gasteiger partial charge in [-0.15, -0.1) is 12.4 Å². The minimum absolute atomic E-state index is 0. The van der Waals surface area contributed by atoms with E-state index in [-0.39, 0.29) is 18.3 Å². The van der Waals surface area contributed by atoms with Crippen molar-refractivity contribution in [1.29, 1.82) is 0 Å². The van der Waals surface area contributed by atoms with Gasteiger partial charge in [0.2, 0.25) is 5.91 Å². The number of halogens is 2. The average molecular weight is 307 g/mol. The van der Waals surface area contributed by atoms with E-state index in [1.807, 2.05) is 0 Å². The second-order valence-corrected chi connectivity index (χ2v) is 3.88. The third-order valence-electron chi connectivity index (χ3n) is 2.36. The molecule has 0 atom stereocenters. The van der Waals surface area contributed by atoms with Crippen LogP contribution in [0.15, 0.2) is 18.2 Å². The first-order valence-electron chi connectivity index (χ1n) is 6.03. The summed E-state index contributed by atoms with van der Waals surface area (Å²) < 4.78 is 23.5. The van der Waals surface area contributed by atoms with Crippen LogP contribution >= 0.6 is 12.4 Å². The number of ether oxygens (including phenoxy) is 2. The van der Waals surface area contributed by atoms with Crippen molar-refractivity contribution in [3.05, 3.63) is 24.0 Å². The summed E-state index contributed by atoms with van der Waals surface area (Å²) in [6.45, 7) is 1.31. The summed E-state index contributed by atoms with van der Waals surface area (Å²) >= 11 is 0. The van der Waals surface area contributed by atoms with Crippen molar-refractivity contribution in [3.63, 3.8) is 0 Å². The van der Waals surface area contributed by atoms with E-state index in [0.29, 0.717) is 37.6 Å². The summed E-state index contributed by atoms with van der Waals surface area (Å²) in [5.41, 5.74) is 0.331. The van der Waals surface area contributed by atoms with Gasteiger partial charge in [-0.05, 0) is 19.2 Å². The molecule has 0 saturated carbocycles.